The van der Waals surface area contributed by atoms with E-state index >= 15 is 0 Å². The third-order valence-electron chi connectivity index (χ3n) is 4.05. The second-order valence-corrected chi connectivity index (χ2v) is 5.60. The summed E-state index contributed by atoms with van der Waals surface area (Å²) in [4.78, 5) is 24.0. The van der Waals surface area contributed by atoms with Gasteiger partial charge in [0.2, 0.25) is 0 Å². The normalized spacial score (nSPS) is 12.0. The van der Waals surface area contributed by atoms with Gasteiger partial charge >= 0.3 is 5.97 Å². The fourth-order valence-corrected chi connectivity index (χ4v) is 2.54. The van der Waals surface area contributed by atoms with Crippen LogP contribution in [0.15, 0.2) is 28.7 Å². The van der Waals surface area contributed by atoms with Crippen molar-refractivity contribution in [2.75, 3.05) is 0 Å². The van der Waals surface area contributed by atoms with Crippen LogP contribution in [0.1, 0.15) is 51.5 Å². The predicted octanol–water partition coefficient (Wildman–Crippen LogP) is 3.32. The summed E-state index contributed by atoms with van der Waals surface area (Å²) in [6, 6.07) is 5.93. The Labute approximate surface area is 135 Å². The van der Waals surface area contributed by atoms with E-state index in [1.165, 1.54) is 0 Å². The molecule has 0 saturated carbocycles. The maximum atomic E-state index is 12.3. The fourth-order valence-electron chi connectivity index (χ4n) is 2.54. The van der Waals surface area contributed by atoms with E-state index < -0.39 is 17.9 Å². The van der Waals surface area contributed by atoms with Crippen LogP contribution >= 0.6 is 0 Å². The van der Waals surface area contributed by atoms with Crippen molar-refractivity contribution in [2.45, 2.75) is 40.2 Å². The first-order valence-corrected chi connectivity index (χ1v) is 7.54. The minimum Gasteiger partial charge on any atom is -0.479 e. The van der Waals surface area contributed by atoms with Crippen LogP contribution in [0.4, 0.5) is 0 Å². The first kappa shape index (κ1) is 16.8. The number of rotatable bonds is 5. The Morgan fingerprint density at radius 2 is 1.91 bits per heavy atom. The van der Waals surface area contributed by atoms with Gasteiger partial charge in [0.1, 0.15) is 5.76 Å². The van der Waals surface area contributed by atoms with Gasteiger partial charge in [-0.25, -0.2) is 4.79 Å². The minimum absolute atomic E-state index is 0.135. The monoisotopic (exact) mass is 315 g/mol. The summed E-state index contributed by atoms with van der Waals surface area (Å²) in [6.45, 7) is 7.55. The molecule has 0 radical (unpaired) electrons. The highest BCUT2D eigenvalue weighted by atomic mass is 16.4. The molecule has 1 aromatic heterocycles. The topological polar surface area (TPSA) is 79.5 Å². The number of hydrogen-bond acceptors (Lipinski definition) is 3. The minimum atomic E-state index is -1.11. The van der Waals surface area contributed by atoms with E-state index in [1.54, 1.807) is 18.2 Å². The summed E-state index contributed by atoms with van der Waals surface area (Å²) >= 11 is 0. The Hall–Kier alpha value is -2.56. The van der Waals surface area contributed by atoms with Gasteiger partial charge in [0.25, 0.3) is 5.91 Å². The summed E-state index contributed by atoms with van der Waals surface area (Å²) in [7, 11) is 0. The summed E-state index contributed by atoms with van der Waals surface area (Å²) in [5.41, 5.74) is 3.29. The highest BCUT2D eigenvalue weighted by molar-refractivity contribution is 5.95. The molecule has 2 rings (SSSR count). The first-order chi connectivity index (χ1) is 10.8. The second-order valence-electron chi connectivity index (χ2n) is 5.60. The van der Waals surface area contributed by atoms with Crippen LogP contribution in [0.3, 0.4) is 0 Å². The molecule has 5 nitrogen and oxygen atoms in total. The number of furan rings is 1. The molecule has 0 fully saturated rings. The molecule has 0 aliphatic carbocycles. The number of aliphatic carboxylic acids is 1. The van der Waals surface area contributed by atoms with Crippen molar-refractivity contribution in [1.82, 2.24) is 5.32 Å². The molecule has 0 aliphatic rings. The van der Waals surface area contributed by atoms with Gasteiger partial charge in [0.05, 0.1) is 0 Å². The molecule has 122 valence electrons. The van der Waals surface area contributed by atoms with Crippen molar-refractivity contribution < 1.29 is 19.1 Å². The van der Waals surface area contributed by atoms with Crippen molar-refractivity contribution in [3.05, 3.63) is 58.0 Å². The number of hydrogen-bond donors (Lipinski definition) is 2. The largest absolute Gasteiger partial charge is 0.479 e. The van der Waals surface area contributed by atoms with Crippen LogP contribution < -0.4 is 5.32 Å². The molecule has 0 saturated heterocycles. The zero-order valence-electron chi connectivity index (χ0n) is 13.8. The van der Waals surface area contributed by atoms with Crippen LogP contribution in [0.5, 0.6) is 0 Å². The van der Waals surface area contributed by atoms with Crippen LogP contribution in [0, 0.1) is 20.8 Å². The molecule has 1 atom stereocenters. The van der Waals surface area contributed by atoms with E-state index in [-0.39, 0.29) is 5.76 Å². The van der Waals surface area contributed by atoms with Crippen molar-refractivity contribution in [3.8, 4) is 0 Å². The third-order valence-corrected chi connectivity index (χ3v) is 4.05. The standard InChI is InChI=1S/C18H21NO4/c1-5-14-11(3)9-15(23-14)17(20)19-16(18(21)22)13-8-6-7-10(2)12(13)4/h6-9,16H,5H2,1-4H3,(H,19,20)(H,21,22). The molecule has 0 bridgehead atoms. The molecule has 5 heteroatoms. The lowest BCUT2D eigenvalue weighted by molar-refractivity contribution is -0.139. The van der Waals surface area contributed by atoms with Crippen LogP contribution in [-0.4, -0.2) is 17.0 Å². The average molecular weight is 315 g/mol. The summed E-state index contributed by atoms with van der Waals surface area (Å²) in [6.07, 6.45) is 0.679. The molecule has 23 heavy (non-hydrogen) atoms. The van der Waals surface area contributed by atoms with Crippen LogP contribution in [-0.2, 0) is 11.2 Å². The van der Waals surface area contributed by atoms with Gasteiger partial charge in [-0.05, 0) is 49.1 Å². The molecular formula is C18H21NO4. The quantitative estimate of drug-likeness (QED) is 0.887. The van der Waals surface area contributed by atoms with Crippen molar-refractivity contribution >= 4 is 11.9 Å². The summed E-state index contributed by atoms with van der Waals surface area (Å²) in [5.74, 6) is -0.767. The smallest absolute Gasteiger partial charge is 0.330 e. The fraction of sp³-hybridized carbons (Fsp3) is 0.333. The molecule has 1 unspecified atom stereocenters. The number of nitrogens with one attached hydrogen (secondary N) is 1. The lowest BCUT2D eigenvalue weighted by atomic mass is 9.97. The number of carbonyl (C=O) groups excluding carboxylic acids is 1. The molecule has 2 N–H and O–H groups in total. The summed E-state index contributed by atoms with van der Waals surface area (Å²) in [5, 5.41) is 12.0. The van der Waals surface area contributed by atoms with E-state index in [4.69, 9.17) is 4.42 Å². The van der Waals surface area contributed by atoms with E-state index in [0.717, 1.165) is 22.5 Å². The van der Waals surface area contributed by atoms with Crippen molar-refractivity contribution in [2.24, 2.45) is 0 Å². The molecule has 0 aliphatic heterocycles. The van der Waals surface area contributed by atoms with Crippen molar-refractivity contribution in [3.63, 3.8) is 0 Å². The maximum absolute atomic E-state index is 12.3. The van der Waals surface area contributed by atoms with Gasteiger partial charge in [-0.15, -0.1) is 0 Å². The Morgan fingerprint density at radius 3 is 2.48 bits per heavy atom. The second kappa shape index (κ2) is 6.69. The number of carboxylic acid groups (broad SMARTS) is 1. The number of aryl methyl sites for hydroxylation is 3. The van der Waals surface area contributed by atoms with Crippen molar-refractivity contribution in [1.29, 1.82) is 0 Å². The molecule has 1 aromatic carbocycles. The first-order valence-electron chi connectivity index (χ1n) is 7.54. The SMILES string of the molecule is CCc1oc(C(=O)NC(C(=O)O)c2cccc(C)c2C)cc1C. The van der Waals surface area contributed by atoms with Gasteiger partial charge in [0.15, 0.2) is 11.8 Å². The average Bonchev–Trinajstić information content (AvgIpc) is 2.88. The van der Waals surface area contributed by atoms with Crippen LogP contribution in [0.2, 0.25) is 0 Å². The third kappa shape index (κ3) is 3.44. The Morgan fingerprint density at radius 1 is 1.22 bits per heavy atom. The van der Waals surface area contributed by atoms with E-state index in [2.05, 4.69) is 5.32 Å². The van der Waals surface area contributed by atoms with E-state index in [1.807, 2.05) is 33.8 Å². The zero-order valence-corrected chi connectivity index (χ0v) is 13.8. The lowest BCUT2D eigenvalue weighted by Gasteiger charge is -2.17. The Balaban J connectivity index is 2.31. The lowest BCUT2D eigenvalue weighted by Crippen LogP contribution is -2.34. The maximum Gasteiger partial charge on any atom is 0.330 e. The van der Waals surface area contributed by atoms with Gasteiger partial charge in [0, 0.05) is 6.42 Å². The van der Waals surface area contributed by atoms with Crippen LogP contribution in [0.25, 0.3) is 0 Å². The zero-order chi connectivity index (χ0) is 17.1. The summed E-state index contributed by atoms with van der Waals surface area (Å²) < 4.78 is 5.49. The van der Waals surface area contributed by atoms with Gasteiger partial charge in [-0.2, -0.15) is 0 Å². The number of carbonyl (C=O) groups is 2. The molecular weight excluding hydrogens is 294 g/mol. The van der Waals surface area contributed by atoms with Gasteiger partial charge in [-0.3, -0.25) is 4.79 Å². The van der Waals surface area contributed by atoms with E-state index in [0.29, 0.717) is 12.0 Å². The number of amides is 1. The van der Waals surface area contributed by atoms with Gasteiger partial charge < -0.3 is 14.8 Å². The molecule has 2 aromatic rings. The Bertz CT molecular complexity index is 745. The number of benzene rings is 1. The highest BCUT2D eigenvalue weighted by Gasteiger charge is 2.26. The molecule has 0 spiro atoms. The molecule has 1 heterocycles. The Kier molecular flexibility index (Phi) is 4.89. The number of carboxylic acids is 1. The van der Waals surface area contributed by atoms with Gasteiger partial charge in [-0.1, -0.05) is 25.1 Å². The van der Waals surface area contributed by atoms with E-state index in [9.17, 15) is 14.7 Å². The predicted molar refractivity (Wildman–Crippen MR) is 86.6 cm³/mol. The highest BCUT2D eigenvalue weighted by Crippen LogP contribution is 2.22. The molecule has 1 amide bonds.